The Morgan fingerprint density at radius 2 is 2.05 bits per heavy atom. The Morgan fingerprint density at radius 1 is 1.32 bits per heavy atom. The molecule has 2 aromatic carbocycles. The van der Waals surface area contributed by atoms with E-state index < -0.39 is 0 Å². The summed E-state index contributed by atoms with van der Waals surface area (Å²) in [5.41, 5.74) is 0.866. The van der Waals surface area contributed by atoms with Gasteiger partial charge >= 0.3 is 0 Å². The maximum atomic E-state index is 13.4. The van der Waals surface area contributed by atoms with Crippen LogP contribution in [0.25, 0.3) is 0 Å². The molecule has 0 aromatic heterocycles. The molecule has 0 amide bonds. The molecule has 2 nitrogen and oxygen atoms in total. The Hall–Kier alpha value is -1.57. The fourth-order valence-electron chi connectivity index (χ4n) is 1.53. The van der Waals surface area contributed by atoms with Crippen molar-refractivity contribution < 1.29 is 9.13 Å². The number of nitriles is 1. The van der Waals surface area contributed by atoms with Crippen LogP contribution in [0.2, 0.25) is 5.02 Å². The lowest BCUT2D eigenvalue weighted by Crippen LogP contribution is -1.99. The van der Waals surface area contributed by atoms with E-state index in [1.807, 2.05) is 6.07 Å². The third-order valence-corrected chi connectivity index (χ3v) is 3.33. The average Bonchev–Trinajstić information content (AvgIpc) is 2.39. The SMILES string of the molecule is N#Cc1cc(Cl)c(OCc2ccccc2F)c(Br)c1. The molecule has 0 saturated carbocycles. The molecule has 5 heteroatoms. The van der Waals surface area contributed by atoms with Gasteiger partial charge in [-0.15, -0.1) is 0 Å². The highest BCUT2D eigenvalue weighted by molar-refractivity contribution is 9.10. The highest BCUT2D eigenvalue weighted by atomic mass is 79.9. The Morgan fingerprint density at radius 3 is 2.68 bits per heavy atom. The van der Waals surface area contributed by atoms with Gasteiger partial charge in [0.1, 0.15) is 12.4 Å². The van der Waals surface area contributed by atoms with Crippen LogP contribution in [-0.4, -0.2) is 0 Å². The highest BCUT2D eigenvalue weighted by Gasteiger charge is 2.10. The molecule has 96 valence electrons. The Labute approximate surface area is 123 Å². The van der Waals surface area contributed by atoms with Crippen molar-refractivity contribution in [2.45, 2.75) is 6.61 Å². The van der Waals surface area contributed by atoms with Crippen molar-refractivity contribution in [2.75, 3.05) is 0 Å². The maximum Gasteiger partial charge on any atom is 0.152 e. The summed E-state index contributed by atoms with van der Waals surface area (Å²) in [4.78, 5) is 0. The summed E-state index contributed by atoms with van der Waals surface area (Å²) >= 11 is 9.30. The Balaban J connectivity index is 2.21. The van der Waals surface area contributed by atoms with Crippen LogP contribution >= 0.6 is 27.5 Å². The van der Waals surface area contributed by atoms with E-state index in [2.05, 4.69) is 15.9 Å². The van der Waals surface area contributed by atoms with Crippen molar-refractivity contribution in [3.05, 3.63) is 62.8 Å². The molecule has 0 aliphatic rings. The molecule has 0 unspecified atom stereocenters. The highest BCUT2D eigenvalue weighted by Crippen LogP contribution is 2.34. The van der Waals surface area contributed by atoms with Gasteiger partial charge in [0.25, 0.3) is 0 Å². The number of rotatable bonds is 3. The van der Waals surface area contributed by atoms with Crippen molar-refractivity contribution in [2.24, 2.45) is 0 Å². The number of hydrogen-bond donors (Lipinski definition) is 0. The van der Waals surface area contributed by atoms with Gasteiger partial charge in [0.05, 0.1) is 21.1 Å². The van der Waals surface area contributed by atoms with Gasteiger partial charge < -0.3 is 4.74 Å². The molecule has 19 heavy (non-hydrogen) atoms. The number of halogens is 3. The lowest BCUT2D eigenvalue weighted by molar-refractivity contribution is 0.298. The van der Waals surface area contributed by atoms with E-state index in [4.69, 9.17) is 21.6 Å². The topological polar surface area (TPSA) is 33.0 Å². The van der Waals surface area contributed by atoms with Gasteiger partial charge in [-0.25, -0.2) is 4.39 Å². The summed E-state index contributed by atoms with van der Waals surface area (Å²) in [6.07, 6.45) is 0. The molecule has 2 aromatic rings. The average molecular weight is 341 g/mol. The molecule has 0 bridgehead atoms. The first-order valence-corrected chi connectivity index (χ1v) is 6.54. The molecule has 0 aliphatic carbocycles. The molecule has 0 aliphatic heterocycles. The van der Waals surface area contributed by atoms with Crippen molar-refractivity contribution in [3.8, 4) is 11.8 Å². The number of hydrogen-bond acceptors (Lipinski definition) is 2. The first kappa shape index (κ1) is 13.9. The molecule has 2 rings (SSSR count). The fraction of sp³-hybridized carbons (Fsp3) is 0.0714. The van der Waals surface area contributed by atoms with E-state index in [0.29, 0.717) is 26.4 Å². The molecular formula is C14H8BrClFNO. The second-order valence-corrected chi connectivity index (χ2v) is 5.02. The molecule has 0 saturated heterocycles. The third kappa shape index (κ3) is 3.25. The van der Waals surface area contributed by atoms with Gasteiger partial charge in [-0.2, -0.15) is 5.26 Å². The van der Waals surface area contributed by atoms with Crippen molar-refractivity contribution in [1.29, 1.82) is 5.26 Å². The molecule has 0 N–H and O–H groups in total. The second kappa shape index (κ2) is 6.05. The first-order chi connectivity index (χ1) is 9.11. The molecule has 0 radical (unpaired) electrons. The van der Waals surface area contributed by atoms with Gasteiger partial charge in [-0.3, -0.25) is 0 Å². The normalized spacial score (nSPS) is 10.0. The second-order valence-electron chi connectivity index (χ2n) is 3.76. The van der Waals surface area contributed by atoms with Gasteiger partial charge in [0.15, 0.2) is 5.75 Å². The van der Waals surface area contributed by atoms with Gasteiger partial charge in [-0.05, 0) is 34.1 Å². The van der Waals surface area contributed by atoms with Crippen molar-refractivity contribution in [3.63, 3.8) is 0 Å². The minimum absolute atomic E-state index is 0.0664. The van der Waals surface area contributed by atoms with Crippen molar-refractivity contribution >= 4 is 27.5 Å². The van der Waals surface area contributed by atoms with Crippen LogP contribution in [0.4, 0.5) is 4.39 Å². The zero-order valence-electron chi connectivity index (χ0n) is 9.66. The standard InChI is InChI=1S/C14H8BrClFNO/c15-11-5-9(7-18)6-12(16)14(11)19-8-10-3-1-2-4-13(10)17/h1-6H,8H2. The summed E-state index contributed by atoms with van der Waals surface area (Å²) in [6.45, 7) is 0.0664. The van der Waals surface area contributed by atoms with E-state index in [1.165, 1.54) is 12.1 Å². The third-order valence-electron chi connectivity index (χ3n) is 2.46. The fourth-order valence-corrected chi connectivity index (χ4v) is 2.49. The number of nitrogens with zero attached hydrogens (tertiary/aromatic N) is 1. The largest absolute Gasteiger partial charge is 0.486 e. The van der Waals surface area contributed by atoms with Crippen molar-refractivity contribution in [1.82, 2.24) is 0 Å². The van der Waals surface area contributed by atoms with E-state index >= 15 is 0 Å². The van der Waals surface area contributed by atoms with Crippen LogP contribution in [0.3, 0.4) is 0 Å². The molecule has 0 spiro atoms. The predicted molar refractivity (Wildman–Crippen MR) is 74.6 cm³/mol. The summed E-state index contributed by atoms with van der Waals surface area (Å²) in [5.74, 6) is 0.0623. The Kier molecular flexibility index (Phi) is 4.41. The summed E-state index contributed by atoms with van der Waals surface area (Å²) in [6, 6.07) is 11.4. The van der Waals surface area contributed by atoms with Crippen LogP contribution in [0.1, 0.15) is 11.1 Å². The summed E-state index contributed by atoms with van der Waals surface area (Å²) in [5, 5.41) is 9.11. The first-order valence-electron chi connectivity index (χ1n) is 5.37. The summed E-state index contributed by atoms with van der Waals surface area (Å²) in [7, 11) is 0. The maximum absolute atomic E-state index is 13.4. The molecule has 0 heterocycles. The predicted octanol–water partition coefficient (Wildman–Crippen LogP) is 4.69. The Bertz CT molecular complexity index is 631. The summed E-state index contributed by atoms with van der Waals surface area (Å²) < 4.78 is 19.5. The zero-order chi connectivity index (χ0) is 13.8. The van der Waals surface area contributed by atoms with E-state index in [-0.39, 0.29) is 12.4 Å². The van der Waals surface area contributed by atoms with Gasteiger partial charge in [0.2, 0.25) is 0 Å². The lowest BCUT2D eigenvalue weighted by Gasteiger charge is -2.11. The van der Waals surface area contributed by atoms with Crippen LogP contribution in [0.5, 0.6) is 5.75 Å². The van der Waals surface area contributed by atoms with E-state index in [0.717, 1.165) is 0 Å². The molecule has 0 atom stereocenters. The zero-order valence-corrected chi connectivity index (χ0v) is 12.0. The minimum atomic E-state index is -0.330. The smallest absolute Gasteiger partial charge is 0.152 e. The molecular weight excluding hydrogens is 333 g/mol. The van der Waals surface area contributed by atoms with Gasteiger partial charge in [-0.1, -0.05) is 29.8 Å². The minimum Gasteiger partial charge on any atom is -0.486 e. The van der Waals surface area contributed by atoms with Crippen LogP contribution in [0, 0.1) is 17.1 Å². The monoisotopic (exact) mass is 339 g/mol. The lowest BCUT2D eigenvalue weighted by atomic mass is 10.2. The van der Waals surface area contributed by atoms with E-state index in [9.17, 15) is 4.39 Å². The van der Waals surface area contributed by atoms with Gasteiger partial charge in [0, 0.05) is 5.56 Å². The van der Waals surface area contributed by atoms with Crippen LogP contribution < -0.4 is 4.74 Å². The number of benzene rings is 2. The number of ether oxygens (including phenoxy) is 1. The molecule has 0 fully saturated rings. The van der Waals surface area contributed by atoms with E-state index in [1.54, 1.807) is 24.3 Å². The quantitative estimate of drug-likeness (QED) is 0.812. The van der Waals surface area contributed by atoms with Crippen LogP contribution in [-0.2, 0) is 6.61 Å². The van der Waals surface area contributed by atoms with Crippen LogP contribution in [0.15, 0.2) is 40.9 Å².